The number of aromatic carboxylic acids is 1. The van der Waals surface area contributed by atoms with Crippen LogP contribution in [0.1, 0.15) is 53.0 Å². The summed E-state index contributed by atoms with van der Waals surface area (Å²) in [4.78, 5) is 25.4. The fourth-order valence-corrected chi connectivity index (χ4v) is 2.35. The first-order valence-electron chi connectivity index (χ1n) is 6.58. The highest BCUT2D eigenvalue weighted by Gasteiger charge is 2.34. The summed E-state index contributed by atoms with van der Waals surface area (Å²) in [6.07, 6.45) is 2.09. The van der Waals surface area contributed by atoms with Crippen molar-refractivity contribution in [2.75, 3.05) is 0 Å². The molecule has 1 aliphatic rings. The van der Waals surface area contributed by atoms with Gasteiger partial charge in [0.25, 0.3) is 5.91 Å². The predicted molar refractivity (Wildman–Crippen MR) is 72.5 cm³/mol. The Kier molecular flexibility index (Phi) is 3.60. The molecule has 4 heteroatoms. The number of carboxylic acid groups (broad SMARTS) is 1. The van der Waals surface area contributed by atoms with Gasteiger partial charge in [-0.1, -0.05) is 0 Å². The van der Waals surface area contributed by atoms with E-state index in [2.05, 4.69) is 0 Å². The molecule has 4 nitrogen and oxygen atoms in total. The maximum Gasteiger partial charge on any atom is 0.335 e. The SMILES string of the molecule is Cc1cc(C(=O)O)cc(C(=O)N(C(C)C)C2CC2)c1. The summed E-state index contributed by atoms with van der Waals surface area (Å²) in [5.74, 6) is -1.07. The zero-order valence-electron chi connectivity index (χ0n) is 11.5. The minimum absolute atomic E-state index is 0.0660. The van der Waals surface area contributed by atoms with Crippen molar-refractivity contribution in [3.63, 3.8) is 0 Å². The molecule has 0 heterocycles. The lowest BCUT2D eigenvalue weighted by Gasteiger charge is -2.27. The molecule has 2 rings (SSSR count). The van der Waals surface area contributed by atoms with Gasteiger partial charge in [-0.3, -0.25) is 4.79 Å². The molecule has 19 heavy (non-hydrogen) atoms. The van der Waals surface area contributed by atoms with Gasteiger partial charge >= 0.3 is 5.97 Å². The summed E-state index contributed by atoms with van der Waals surface area (Å²) in [5.41, 5.74) is 1.43. The number of rotatable bonds is 4. The molecule has 0 aliphatic heterocycles. The maximum atomic E-state index is 12.5. The van der Waals surface area contributed by atoms with E-state index in [1.165, 1.54) is 6.07 Å². The first-order valence-corrected chi connectivity index (χ1v) is 6.58. The molecule has 0 atom stereocenters. The number of carbonyl (C=O) groups is 2. The van der Waals surface area contributed by atoms with E-state index in [1.807, 2.05) is 18.7 Å². The molecule has 0 aromatic heterocycles. The van der Waals surface area contributed by atoms with E-state index >= 15 is 0 Å². The van der Waals surface area contributed by atoms with Gasteiger partial charge in [-0.2, -0.15) is 0 Å². The zero-order valence-corrected chi connectivity index (χ0v) is 11.5. The van der Waals surface area contributed by atoms with Crippen molar-refractivity contribution in [3.8, 4) is 0 Å². The number of carboxylic acids is 1. The highest BCUT2D eigenvalue weighted by Crippen LogP contribution is 2.30. The Hall–Kier alpha value is -1.84. The molecule has 1 saturated carbocycles. The average molecular weight is 261 g/mol. The number of hydrogen-bond acceptors (Lipinski definition) is 2. The fraction of sp³-hybridized carbons (Fsp3) is 0.467. The fourth-order valence-electron chi connectivity index (χ4n) is 2.35. The van der Waals surface area contributed by atoms with Crippen LogP contribution in [0.4, 0.5) is 0 Å². The van der Waals surface area contributed by atoms with Crippen LogP contribution >= 0.6 is 0 Å². The van der Waals surface area contributed by atoms with Gasteiger partial charge in [-0.05, 0) is 57.4 Å². The lowest BCUT2D eigenvalue weighted by molar-refractivity contribution is 0.0690. The molecular weight excluding hydrogens is 242 g/mol. The van der Waals surface area contributed by atoms with Gasteiger partial charge in [0.05, 0.1) is 5.56 Å². The Labute approximate surface area is 113 Å². The second kappa shape index (κ2) is 5.03. The van der Waals surface area contributed by atoms with Crippen molar-refractivity contribution in [1.29, 1.82) is 0 Å². The van der Waals surface area contributed by atoms with Gasteiger partial charge in [0, 0.05) is 17.6 Å². The molecule has 1 aromatic rings. The molecule has 1 fully saturated rings. The summed E-state index contributed by atoms with van der Waals surface area (Å²) in [6.45, 7) is 5.79. The Bertz CT molecular complexity index is 516. The minimum Gasteiger partial charge on any atom is -0.478 e. The van der Waals surface area contributed by atoms with Crippen LogP contribution in [0.15, 0.2) is 18.2 Å². The Balaban J connectivity index is 2.34. The van der Waals surface area contributed by atoms with Crippen molar-refractivity contribution in [1.82, 2.24) is 4.90 Å². The standard InChI is InChI=1S/C15H19NO3/c1-9(2)16(13-4-5-13)14(17)11-6-10(3)7-12(8-11)15(18)19/h6-9,13H,4-5H2,1-3H3,(H,18,19). The van der Waals surface area contributed by atoms with Crippen LogP contribution in [0.5, 0.6) is 0 Å². The Morgan fingerprint density at radius 3 is 2.26 bits per heavy atom. The molecule has 0 saturated heterocycles. The number of benzene rings is 1. The van der Waals surface area contributed by atoms with Gasteiger partial charge in [0.15, 0.2) is 0 Å². The van der Waals surface area contributed by atoms with Crippen LogP contribution in [0.25, 0.3) is 0 Å². The highest BCUT2D eigenvalue weighted by molar-refractivity contribution is 5.98. The lowest BCUT2D eigenvalue weighted by Crippen LogP contribution is -2.38. The van der Waals surface area contributed by atoms with Crippen LogP contribution in [-0.2, 0) is 0 Å². The Morgan fingerprint density at radius 1 is 1.21 bits per heavy atom. The predicted octanol–water partition coefficient (Wildman–Crippen LogP) is 2.71. The van der Waals surface area contributed by atoms with Gasteiger partial charge < -0.3 is 10.0 Å². The molecule has 1 aliphatic carbocycles. The smallest absolute Gasteiger partial charge is 0.335 e. The third-order valence-corrected chi connectivity index (χ3v) is 3.30. The summed E-state index contributed by atoms with van der Waals surface area (Å²) >= 11 is 0. The molecule has 0 bridgehead atoms. The molecule has 1 amide bonds. The van der Waals surface area contributed by atoms with Crippen LogP contribution in [0.3, 0.4) is 0 Å². The van der Waals surface area contributed by atoms with Crippen LogP contribution in [0, 0.1) is 6.92 Å². The van der Waals surface area contributed by atoms with E-state index in [9.17, 15) is 9.59 Å². The highest BCUT2D eigenvalue weighted by atomic mass is 16.4. The number of aryl methyl sites for hydroxylation is 1. The summed E-state index contributed by atoms with van der Waals surface area (Å²) in [7, 11) is 0. The van der Waals surface area contributed by atoms with Crippen LogP contribution in [0.2, 0.25) is 0 Å². The topological polar surface area (TPSA) is 57.6 Å². The third kappa shape index (κ3) is 2.95. The van der Waals surface area contributed by atoms with Crippen LogP contribution < -0.4 is 0 Å². The van der Waals surface area contributed by atoms with E-state index in [0.717, 1.165) is 18.4 Å². The van der Waals surface area contributed by atoms with Gasteiger partial charge in [0.2, 0.25) is 0 Å². The normalized spacial score (nSPS) is 14.5. The minimum atomic E-state index is -1.000. The summed E-state index contributed by atoms with van der Waals surface area (Å²) in [5, 5.41) is 9.06. The van der Waals surface area contributed by atoms with E-state index in [4.69, 9.17) is 5.11 Å². The first-order chi connectivity index (χ1) is 8.90. The number of carbonyl (C=O) groups excluding carboxylic acids is 1. The average Bonchev–Trinajstić information content (AvgIpc) is 3.12. The van der Waals surface area contributed by atoms with Gasteiger partial charge in [0.1, 0.15) is 0 Å². The molecule has 0 radical (unpaired) electrons. The van der Waals surface area contributed by atoms with Crippen molar-refractivity contribution in [2.45, 2.75) is 45.7 Å². The molecule has 102 valence electrons. The largest absolute Gasteiger partial charge is 0.478 e. The van der Waals surface area contributed by atoms with Gasteiger partial charge in [-0.25, -0.2) is 4.79 Å². The van der Waals surface area contributed by atoms with Gasteiger partial charge in [-0.15, -0.1) is 0 Å². The summed E-state index contributed by atoms with van der Waals surface area (Å²) in [6, 6.07) is 5.26. The molecular formula is C15H19NO3. The number of nitrogens with zero attached hydrogens (tertiary/aromatic N) is 1. The van der Waals surface area contributed by atoms with Crippen molar-refractivity contribution < 1.29 is 14.7 Å². The maximum absolute atomic E-state index is 12.5. The molecule has 0 unspecified atom stereocenters. The zero-order chi connectivity index (χ0) is 14.2. The number of hydrogen-bond donors (Lipinski definition) is 1. The van der Waals surface area contributed by atoms with E-state index in [-0.39, 0.29) is 17.5 Å². The monoisotopic (exact) mass is 261 g/mol. The lowest BCUT2D eigenvalue weighted by atomic mass is 10.0. The van der Waals surface area contributed by atoms with E-state index < -0.39 is 5.97 Å². The first kappa shape index (κ1) is 13.6. The quantitative estimate of drug-likeness (QED) is 0.906. The molecule has 1 N–H and O–H groups in total. The van der Waals surface area contributed by atoms with E-state index in [0.29, 0.717) is 11.6 Å². The van der Waals surface area contributed by atoms with Crippen molar-refractivity contribution in [3.05, 3.63) is 34.9 Å². The van der Waals surface area contributed by atoms with Crippen molar-refractivity contribution >= 4 is 11.9 Å². The van der Waals surface area contributed by atoms with E-state index in [1.54, 1.807) is 19.1 Å². The van der Waals surface area contributed by atoms with Crippen LogP contribution in [-0.4, -0.2) is 34.0 Å². The third-order valence-electron chi connectivity index (χ3n) is 3.30. The summed E-state index contributed by atoms with van der Waals surface area (Å²) < 4.78 is 0. The number of amides is 1. The molecule has 0 spiro atoms. The molecule has 1 aromatic carbocycles. The Morgan fingerprint density at radius 2 is 1.79 bits per heavy atom. The van der Waals surface area contributed by atoms with Crippen molar-refractivity contribution in [2.24, 2.45) is 0 Å². The second-order valence-corrected chi connectivity index (χ2v) is 5.43. The second-order valence-electron chi connectivity index (χ2n) is 5.43.